The average Bonchev–Trinajstić information content (AvgIpc) is 3.08. The molecule has 4 rings (SSSR count). The zero-order valence-corrected chi connectivity index (χ0v) is 14.1. The Balaban J connectivity index is 1.48. The molecule has 1 aromatic rings. The van der Waals surface area contributed by atoms with Crippen LogP contribution in [0.15, 0.2) is 23.8 Å². The summed E-state index contributed by atoms with van der Waals surface area (Å²) in [6.45, 7) is 4.24. The number of para-hydroxylation sites is 1. The van der Waals surface area contributed by atoms with Gasteiger partial charge in [-0.2, -0.15) is 0 Å². The van der Waals surface area contributed by atoms with Crippen LogP contribution >= 0.6 is 0 Å². The summed E-state index contributed by atoms with van der Waals surface area (Å²) < 4.78 is 11.1. The maximum absolute atomic E-state index is 12.9. The minimum atomic E-state index is 0.115. The summed E-state index contributed by atoms with van der Waals surface area (Å²) in [6.07, 6.45) is 5.40. The van der Waals surface area contributed by atoms with E-state index in [4.69, 9.17) is 9.47 Å². The lowest BCUT2D eigenvalue weighted by molar-refractivity contribution is -0.129. The van der Waals surface area contributed by atoms with Gasteiger partial charge >= 0.3 is 0 Å². The first kappa shape index (κ1) is 15.5. The Kier molecular flexibility index (Phi) is 3.96. The number of hydrogen-bond donors (Lipinski definition) is 1. The van der Waals surface area contributed by atoms with Crippen molar-refractivity contribution in [1.29, 1.82) is 0 Å². The molecule has 128 valence electrons. The summed E-state index contributed by atoms with van der Waals surface area (Å²) in [4.78, 5) is 14.8. The summed E-state index contributed by atoms with van der Waals surface area (Å²) in [5, 5.41) is 3.47. The average molecular weight is 328 g/mol. The van der Waals surface area contributed by atoms with Crippen LogP contribution < -0.4 is 14.8 Å². The van der Waals surface area contributed by atoms with Crippen LogP contribution in [0.4, 0.5) is 0 Å². The standard InChI is InChI=1S/C19H24N2O3/c1-23-16-4-2-3-14-11-15(12-24-17(14)16)18(22)21-9-6-19(7-10-21)5-8-20-13-19/h2-4,11,20H,5-10,12-13H2,1H3. The fourth-order valence-corrected chi connectivity index (χ4v) is 4.07. The molecule has 3 aliphatic heterocycles. The van der Waals surface area contributed by atoms with Crippen LogP contribution in [0.5, 0.6) is 11.5 Å². The number of nitrogens with one attached hydrogen (secondary N) is 1. The van der Waals surface area contributed by atoms with E-state index >= 15 is 0 Å². The van der Waals surface area contributed by atoms with Crippen LogP contribution in [0.3, 0.4) is 0 Å². The minimum Gasteiger partial charge on any atom is -0.493 e. The van der Waals surface area contributed by atoms with Crippen LogP contribution in [0.1, 0.15) is 24.8 Å². The molecule has 5 heteroatoms. The fourth-order valence-electron chi connectivity index (χ4n) is 4.07. The first-order chi connectivity index (χ1) is 11.7. The number of benzene rings is 1. The lowest BCUT2D eigenvalue weighted by atomic mass is 9.77. The van der Waals surface area contributed by atoms with Gasteiger partial charge in [0.15, 0.2) is 11.5 Å². The largest absolute Gasteiger partial charge is 0.493 e. The first-order valence-electron chi connectivity index (χ1n) is 8.71. The van der Waals surface area contributed by atoms with Gasteiger partial charge in [0.05, 0.1) is 12.7 Å². The van der Waals surface area contributed by atoms with E-state index in [1.54, 1.807) is 7.11 Å². The summed E-state index contributed by atoms with van der Waals surface area (Å²) in [7, 11) is 1.63. The Bertz CT molecular complexity index is 667. The summed E-state index contributed by atoms with van der Waals surface area (Å²) in [6, 6.07) is 5.75. The highest BCUT2D eigenvalue weighted by Gasteiger charge is 2.38. The Morgan fingerprint density at radius 1 is 1.29 bits per heavy atom. The number of amides is 1. The quantitative estimate of drug-likeness (QED) is 0.903. The van der Waals surface area contributed by atoms with E-state index in [0.717, 1.165) is 55.9 Å². The molecule has 2 saturated heterocycles. The molecule has 0 radical (unpaired) electrons. The predicted octanol–water partition coefficient (Wildman–Crippen LogP) is 2.07. The van der Waals surface area contributed by atoms with Crippen molar-refractivity contribution in [3.05, 3.63) is 29.3 Å². The van der Waals surface area contributed by atoms with E-state index in [0.29, 0.717) is 17.8 Å². The topological polar surface area (TPSA) is 50.8 Å². The third-order valence-electron chi connectivity index (χ3n) is 5.65. The zero-order valence-electron chi connectivity index (χ0n) is 14.1. The van der Waals surface area contributed by atoms with Crippen molar-refractivity contribution >= 4 is 12.0 Å². The lowest BCUT2D eigenvalue weighted by Crippen LogP contribution is -2.45. The third kappa shape index (κ3) is 2.67. The number of fused-ring (bicyclic) bond motifs is 1. The van der Waals surface area contributed by atoms with Crippen molar-refractivity contribution < 1.29 is 14.3 Å². The summed E-state index contributed by atoms with van der Waals surface area (Å²) in [5.41, 5.74) is 2.07. The molecule has 3 heterocycles. The van der Waals surface area contributed by atoms with Gasteiger partial charge in [-0.15, -0.1) is 0 Å². The van der Waals surface area contributed by atoms with E-state index < -0.39 is 0 Å². The number of rotatable bonds is 2. The highest BCUT2D eigenvalue weighted by molar-refractivity contribution is 5.99. The van der Waals surface area contributed by atoms with Gasteiger partial charge in [0.25, 0.3) is 5.91 Å². The molecule has 2 fully saturated rings. The molecule has 1 spiro atoms. The number of piperidine rings is 1. The van der Waals surface area contributed by atoms with Crippen LogP contribution in [0.2, 0.25) is 0 Å². The molecule has 5 nitrogen and oxygen atoms in total. The minimum absolute atomic E-state index is 0.115. The Morgan fingerprint density at radius 2 is 2.12 bits per heavy atom. The number of hydrogen-bond acceptors (Lipinski definition) is 4. The first-order valence-corrected chi connectivity index (χ1v) is 8.71. The van der Waals surface area contributed by atoms with Gasteiger partial charge in [0.2, 0.25) is 0 Å². The second kappa shape index (κ2) is 6.13. The molecule has 3 aliphatic rings. The predicted molar refractivity (Wildman–Crippen MR) is 92.2 cm³/mol. The molecule has 1 aromatic carbocycles. The van der Waals surface area contributed by atoms with E-state index in [2.05, 4.69) is 5.32 Å². The molecule has 1 amide bonds. The highest BCUT2D eigenvalue weighted by Crippen LogP contribution is 2.38. The van der Waals surface area contributed by atoms with Gasteiger partial charge in [-0.1, -0.05) is 12.1 Å². The van der Waals surface area contributed by atoms with E-state index in [1.807, 2.05) is 29.2 Å². The van der Waals surface area contributed by atoms with Gasteiger partial charge in [0.1, 0.15) is 6.61 Å². The van der Waals surface area contributed by atoms with Crippen LogP contribution in [-0.2, 0) is 4.79 Å². The van der Waals surface area contributed by atoms with Crippen molar-refractivity contribution in [2.75, 3.05) is 39.9 Å². The number of likely N-dealkylation sites (tertiary alicyclic amines) is 1. The van der Waals surface area contributed by atoms with E-state index in [-0.39, 0.29) is 5.91 Å². The third-order valence-corrected chi connectivity index (χ3v) is 5.65. The van der Waals surface area contributed by atoms with Crippen molar-refractivity contribution in [2.45, 2.75) is 19.3 Å². The molecular formula is C19H24N2O3. The SMILES string of the molecule is COc1cccc2c1OCC(C(=O)N1CCC3(CCNC3)CC1)=C2. The van der Waals surface area contributed by atoms with E-state index in [9.17, 15) is 4.79 Å². The second-order valence-corrected chi connectivity index (χ2v) is 7.06. The maximum atomic E-state index is 12.9. The molecule has 0 saturated carbocycles. The Morgan fingerprint density at radius 3 is 2.83 bits per heavy atom. The summed E-state index contributed by atoms with van der Waals surface area (Å²) >= 11 is 0. The molecule has 0 aromatic heterocycles. The smallest absolute Gasteiger partial charge is 0.253 e. The Hall–Kier alpha value is -2.01. The van der Waals surface area contributed by atoms with Crippen molar-refractivity contribution in [3.8, 4) is 11.5 Å². The van der Waals surface area contributed by atoms with Crippen LogP contribution in [-0.4, -0.2) is 50.7 Å². The molecule has 1 N–H and O–H groups in total. The number of nitrogens with zero attached hydrogens (tertiary/aromatic N) is 1. The number of carbonyl (C=O) groups is 1. The van der Waals surface area contributed by atoms with Gasteiger partial charge in [-0.05, 0) is 43.4 Å². The molecule has 24 heavy (non-hydrogen) atoms. The lowest BCUT2D eigenvalue weighted by Gasteiger charge is -2.39. The molecule has 0 atom stereocenters. The molecule has 0 bridgehead atoms. The molecular weight excluding hydrogens is 304 g/mol. The van der Waals surface area contributed by atoms with Crippen molar-refractivity contribution in [1.82, 2.24) is 10.2 Å². The van der Waals surface area contributed by atoms with Crippen molar-refractivity contribution in [2.24, 2.45) is 5.41 Å². The van der Waals surface area contributed by atoms with Gasteiger partial charge in [-0.3, -0.25) is 4.79 Å². The van der Waals surface area contributed by atoms with Gasteiger partial charge < -0.3 is 19.7 Å². The number of ether oxygens (including phenoxy) is 2. The Labute approximate surface area is 142 Å². The maximum Gasteiger partial charge on any atom is 0.253 e. The number of methoxy groups -OCH3 is 1. The second-order valence-electron chi connectivity index (χ2n) is 7.06. The monoisotopic (exact) mass is 328 g/mol. The van der Waals surface area contributed by atoms with Gasteiger partial charge in [0, 0.05) is 25.2 Å². The molecule has 0 aliphatic carbocycles. The normalized spacial score (nSPS) is 21.9. The highest BCUT2D eigenvalue weighted by atomic mass is 16.5. The summed E-state index contributed by atoms with van der Waals surface area (Å²) in [5.74, 6) is 1.55. The number of carbonyl (C=O) groups excluding carboxylic acids is 1. The fraction of sp³-hybridized carbons (Fsp3) is 0.526. The van der Waals surface area contributed by atoms with E-state index in [1.165, 1.54) is 6.42 Å². The van der Waals surface area contributed by atoms with Crippen LogP contribution in [0.25, 0.3) is 6.08 Å². The van der Waals surface area contributed by atoms with Crippen molar-refractivity contribution in [3.63, 3.8) is 0 Å². The van der Waals surface area contributed by atoms with Gasteiger partial charge in [-0.25, -0.2) is 0 Å². The molecule has 0 unspecified atom stereocenters. The zero-order chi connectivity index (χ0) is 16.6. The van der Waals surface area contributed by atoms with Crippen LogP contribution in [0, 0.1) is 5.41 Å².